The van der Waals surface area contributed by atoms with Gasteiger partial charge in [0.05, 0.1) is 5.56 Å². The number of aromatic nitrogens is 1. The van der Waals surface area contributed by atoms with E-state index < -0.39 is 17.7 Å². The number of nitrogens with one attached hydrogen (secondary N) is 1. The second kappa shape index (κ2) is 5.60. The van der Waals surface area contributed by atoms with Gasteiger partial charge in [0.25, 0.3) is 5.91 Å². The van der Waals surface area contributed by atoms with Crippen LogP contribution in [0.4, 0.5) is 14.5 Å². The van der Waals surface area contributed by atoms with Gasteiger partial charge in [0.1, 0.15) is 0 Å². The van der Waals surface area contributed by atoms with E-state index in [2.05, 4.69) is 10.3 Å². The van der Waals surface area contributed by atoms with Crippen molar-refractivity contribution >= 4 is 11.6 Å². The Bertz CT molecular complexity index is 678. The smallest absolute Gasteiger partial charge is 0.258 e. The lowest BCUT2D eigenvalue weighted by molar-refractivity contribution is 0.102. The van der Waals surface area contributed by atoms with Crippen molar-refractivity contribution in [3.05, 3.63) is 59.4 Å². The topological polar surface area (TPSA) is 42.0 Å². The number of amides is 1. The minimum absolute atomic E-state index is 0.189. The summed E-state index contributed by atoms with van der Waals surface area (Å²) in [6, 6.07) is 8.40. The zero-order valence-electron chi connectivity index (χ0n) is 12.1. The maximum absolute atomic E-state index is 13.6. The number of carbonyl (C=O) groups excluding carboxylic acids is 1. The van der Waals surface area contributed by atoms with Gasteiger partial charge in [0, 0.05) is 11.9 Å². The summed E-state index contributed by atoms with van der Waals surface area (Å²) in [6.07, 6.45) is 1.06. The molecule has 3 nitrogen and oxygen atoms in total. The molecule has 1 N–H and O–H groups in total. The van der Waals surface area contributed by atoms with Gasteiger partial charge in [-0.25, -0.2) is 9.37 Å². The van der Waals surface area contributed by atoms with E-state index >= 15 is 0 Å². The van der Waals surface area contributed by atoms with Crippen molar-refractivity contribution in [2.24, 2.45) is 0 Å². The first-order chi connectivity index (χ1) is 9.80. The largest absolute Gasteiger partial charge is 0.322 e. The van der Waals surface area contributed by atoms with Crippen LogP contribution < -0.4 is 5.32 Å². The van der Waals surface area contributed by atoms with E-state index in [1.807, 2.05) is 32.9 Å². The standard InChI is InChI=1S/C16H16F2N2O/c1-16(2,3)11-6-4-5-7-12(11)20-15(21)10-8-9-19-14(18)13(10)17/h4-9H,1-3H3,(H,20,21). The van der Waals surface area contributed by atoms with Gasteiger partial charge >= 0.3 is 0 Å². The van der Waals surface area contributed by atoms with Crippen LogP contribution in [0.25, 0.3) is 0 Å². The number of halogens is 2. The Kier molecular flexibility index (Phi) is 4.02. The third-order valence-corrected chi connectivity index (χ3v) is 3.07. The van der Waals surface area contributed by atoms with Gasteiger partial charge in [-0.1, -0.05) is 39.0 Å². The van der Waals surface area contributed by atoms with Crippen molar-refractivity contribution in [2.45, 2.75) is 26.2 Å². The van der Waals surface area contributed by atoms with E-state index in [4.69, 9.17) is 0 Å². The van der Waals surface area contributed by atoms with Gasteiger partial charge in [-0.15, -0.1) is 0 Å². The molecular weight excluding hydrogens is 274 g/mol. The average molecular weight is 290 g/mol. The predicted octanol–water partition coefficient (Wildman–Crippen LogP) is 3.91. The van der Waals surface area contributed by atoms with Crippen LogP contribution in [0.5, 0.6) is 0 Å². The van der Waals surface area contributed by atoms with Crippen molar-refractivity contribution in [2.75, 3.05) is 5.32 Å². The summed E-state index contributed by atoms with van der Waals surface area (Å²) in [5.74, 6) is -3.24. The molecule has 2 aromatic rings. The van der Waals surface area contributed by atoms with Gasteiger partial charge in [0.2, 0.25) is 5.95 Å². The van der Waals surface area contributed by atoms with Crippen molar-refractivity contribution in [1.82, 2.24) is 4.98 Å². The second-order valence-electron chi connectivity index (χ2n) is 5.71. The van der Waals surface area contributed by atoms with Gasteiger partial charge in [0.15, 0.2) is 5.82 Å². The minimum Gasteiger partial charge on any atom is -0.322 e. The molecule has 0 bridgehead atoms. The van der Waals surface area contributed by atoms with E-state index in [-0.39, 0.29) is 11.0 Å². The molecule has 0 aliphatic carbocycles. The predicted molar refractivity (Wildman–Crippen MR) is 77.2 cm³/mol. The average Bonchev–Trinajstić information content (AvgIpc) is 2.41. The molecule has 21 heavy (non-hydrogen) atoms. The molecule has 0 radical (unpaired) electrons. The summed E-state index contributed by atoms with van der Waals surface area (Å²) in [7, 11) is 0. The third-order valence-electron chi connectivity index (χ3n) is 3.07. The maximum Gasteiger partial charge on any atom is 0.258 e. The zero-order chi connectivity index (χ0) is 15.6. The lowest BCUT2D eigenvalue weighted by atomic mass is 9.86. The molecule has 0 spiro atoms. The molecule has 0 saturated carbocycles. The van der Waals surface area contributed by atoms with Crippen LogP contribution in [0.3, 0.4) is 0 Å². The molecule has 1 aromatic heterocycles. The van der Waals surface area contributed by atoms with Crippen LogP contribution in [0.1, 0.15) is 36.7 Å². The van der Waals surface area contributed by atoms with Gasteiger partial charge in [-0.3, -0.25) is 4.79 Å². The lowest BCUT2D eigenvalue weighted by Gasteiger charge is -2.23. The Labute approximate surface area is 122 Å². The fourth-order valence-electron chi connectivity index (χ4n) is 2.03. The Morgan fingerprint density at radius 1 is 1.14 bits per heavy atom. The number of hydrogen-bond donors (Lipinski definition) is 1. The molecule has 1 heterocycles. The number of anilines is 1. The number of hydrogen-bond acceptors (Lipinski definition) is 2. The van der Waals surface area contributed by atoms with E-state index in [9.17, 15) is 13.6 Å². The van der Waals surface area contributed by atoms with Gasteiger partial charge in [-0.05, 0) is 23.1 Å². The summed E-state index contributed by atoms with van der Waals surface area (Å²) in [4.78, 5) is 15.3. The molecule has 1 aromatic carbocycles. The van der Waals surface area contributed by atoms with Crippen LogP contribution in [-0.4, -0.2) is 10.9 Å². The van der Waals surface area contributed by atoms with E-state index in [1.165, 1.54) is 0 Å². The molecule has 0 atom stereocenters. The van der Waals surface area contributed by atoms with E-state index in [1.54, 1.807) is 12.1 Å². The van der Waals surface area contributed by atoms with Crippen LogP contribution in [-0.2, 0) is 5.41 Å². The first kappa shape index (κ1) is 15.1. The fourth-order valence-corrected chi connectivity index (χ4v) is 2.03. The number of pyridine rings is 1. The van der Waals surface area contributed by atoms with E-state index in [0.29, 0.717) is 5.69 Å². The highest BCUT2D eigenvalue weighted by Crippen LogP contribution is 2.29. The van der Waals surface area contributed by atoms with Crippen molar-refractivity contribution in [1.29, 1.82) is 0 Å². The monoisotopic (exact) mass is 290 g/mol. The first-order valence-corrected chi connectivity index (χ1v) is 6.51. The second-order valence-corrected chi connectivity index (χ2v) is 5.71. The molecule has 0 saturated heterocycles. The molecule has 5 heteroatoms. The number of nitrogens with zero attached hydrogens (tertiary/aromatic N) is 1. The van der Waals surface area contributed by atoms with Crippen molar-refractivity contribution in [3.63, 3.8) is 0 Å². The summed E-state index contributed by atoms with van der Waals surface area (Å²) in [5.41, 5.74) is 0.928. The molecular formula is C16H16F2N2O. The molecule has 110 valence electrons. The fraction of sp³-hybridized carbons (Fsp3) is 0.250. The molecule has 0 unspecified atom stereocenters. The number of rotatable bonds is 2. The number of para-hydroxylation sites is 1. The Hall–Kier alpha value is -2.30. The maximum atomic E-state index is 13.6. The highest BCUT2D eigenvalue weighted by Gasteiger charge is 2.21. The number of benzene rings is 1. The van der Waals surface area contributed by atoms with Crippen LogP contribution >= 0.6 is 0 Å². The molecule has 0 aliphatic heterocycles. The summed E-state index contributed by atoms with van der Waals surface area (Å²) in [6.45, 7) is 6.01. The Morgan fingerprint density at radius 2 is 1.81 bits per heavy atom. The first-order valence-electron chi connectivity index (χ1n) is 6.51. The summed E-state index contributed by atoms with van der Waals surface area (Å²) in [5, 5.41) is 2.63. The normalized spacial score (nSPS) is 11.3. The molecule has 0 aliphatic rings. The quantitative estimate of drug-likeness (QED) is 0.852. The Morgan fingerprint density at radius 3 is 2.48 bits per heavy atom. The number of carbonyl (C=O) groups is 1. The summed E-state index contributed by atoms with van der Waals surface area (Å²) < 4.78 is 26.7. The van der Waals surface area contributed by atoms with E-state index in [0.717, 1.165) is 17.8 Å². The Balaban J connectivity index is 2.35. The van der Waals surface area contributed by atoms with Crippen LogP contribution in [0.2, 0.25) is 0 Å². The SMILES string of the molecule is CC(C)(C)c1ccccc1NC(=O)c1ccnc(F)c1F. The molecule has 1 amide bonds. The van der Waals surface area contributed by atoms with Gasteiger partial charge in [-0.2, -0.15) is 4.39 Å². The van der Waals surface area contributed by atoms with Crippen molar-refractivity contribution in [3.8, 4) is 0 Å². The van der Waals surface area contributed by atoms with Gasteiger partial charge < -0.3 is 5.32 Å². The minimum atomic E-state index is -1.29. The lowest BCUT2D eigenvalue weighted by Crippen LogP contribution is -2.20. The molecule has 0 fully saturated rings. The molecule has 2 rings (SSSR count). The third kappa shape index (κ3) is 3.24. The van der Waals surface area contributed by atoms with Crippen molar-refractivity contribution < 1.29 is 13.6 Å². The highest BCUT2D eigenvalue weighted by atomic mass is 19.2. The zero-order valence-corrected chi connectivity index (χ0v) is 12.1. The summed E-state index contributed by atoms with van der Waals surface area (Å²) >= 11 is 0. The van der Waals surface area contributed by atoms with Crippen LogP contribution in [0.15, 0.2) is 36.5 Å². The highest BCUT2D eigenvalue weighted by molar-refractivity contribution is 6.04. The van der Waals surface area contributed by atoms with Crippen LogP contribution in [0, 0.1) is 11.8 Å².